The number of nitrogens with zero attached hydrogens (tertiary/aromatic N) is 2. The largest absolute Gasteiger partial charge is 0.447 e. The van der Waals surface area contributed by atoms with Gasteiger partial charge in [0.1, 0.15) is 6.26 Å². The summed E-state index contributed by atoms with van der Waals surface area (Å²) in [6.45, 7) is 4.07. The van der Waals surface area contributed by atoms with Crippen LogP contribution in [0.25, 0.3) is 11.5 Å². The van der Waals surface area contributed by atoms with Gasteiger partial charge in [-0.15, -0.1) is 0 Å². The Morgan fingerprint density at radius 3 is 2.72 bits per heavy atom. The van der Waals surface area contributed by atoms with Crippen LogP contribution in [-0.2, 0) is 21.2 Å². The number of carbonyl (C=O) groups is 1. The van der Waals surface area contributed by atoms with Gasteiger partial charge in [-0.25, -0.2) is 22.9 Å². The number of amides is 1. The molecule has 0 saturated carbocycles. The van der Waals surface area contributed by atoms with Gasteiger partial charge in [0.25, 0.3) is 0 Å². The van der Waals surface area contributed by atoms with Crippen molar-refractivity contribution >= 4 is 16.1 Å². The first-order chi connectivity index (χ1) is 13.7. The van der Waals surface area contributed by atoms with Crippen LogP contribution in [0.5, 0.6) is 0 Å². The zero-order chi connectivity index (χ0) is 21.0. The van der Waals surface area contributed by atoms with Gasteiger partial charge in [-0.2, -0.15) is 0 Å². The predicted molar refractivity (Wildman–Crippen MR) is 109 cm³/mol. The number of hydrogen-bond donors (Lipinski definition) is 1. The van der Waals surface area contributed by atoms with Crippen molar-refractivity contribution in [2.24, 2.45) is 0 Å². The number of piperidine rings is 1. The third-order valence-electron chi connectivity index (χ3n) is 4.71. The Kier molecular flexibility index (Phi) is 6.59. The summed E-state index contributed by atoms with van der Waals surface area (Å²) in [5.74, 6) is 0.486. The molecule has 1 saturated heterocycles. The minimum Gasteiger partial charge on any atom is -0.447 e. The Labute approximate surface area is 171 Å². The Balaban J connectivity index is 1.84. The van der Waals surface area contributed by atoms with Gasteiger partial charge in [-0.05, 0) is 38.8 Å². The molecule has 0 bridgehead atoms. The Morgan fingerprint density at radius 2 is 2.07 bits per heavy atom. The zero-order valence-electron chi connectivity index (χ0n) is 16.9. The standard InChI is InChI=1S/C20H27N3O5S/c1-14(2)28-20(24)23-11-7-10-17(22-29(3,25)26)18(23)12-16-13-27-19(21-16)15-8-5-4-6-9-15/h4-6,8-9,13-14,17-18,22H,7,10-12H2,1-3H3/t17-,18-/m1/s1. The molecule has 2 atom stereocenters. The average Bonchev–Trinajstić information content (AvgIpc) is 3.10. The molecule has 8 nitrogen and oxygen atoms in total. The topological polar surface area (TPSA) is 102 Å². The summed E-state index contributed by atoms with van der Waals surface area (Å²) in [6.07, 6.45) is 3.65. The first kappa shape index (κ1) is 21.3. The number of rotatable bonds is 6. The molecule has 1 fully saturated rings. The van der Waals surface area contributed by atoms with E-state index in [4.69, 9.17) is 9.15 Å². The minimum absolute atomic E-state index is 0.261. The van der Waals surface area contributed by atoms with E-state index in [1.54, 1.807) is 25.0 Å². The maximum atomic E-state index is 12.6. The second-order valence-corrected chi connectivity index (χ2v) is 9.33. The minimum atomic E-state index is -3.43. The lowest BCUT2D eigenvalue weighted by Gasteiger charge is -2.40. The number of likely N-dealkylation sites (tertiary alicyclic amines) is 1. The normalized spacial score (nSPS) is 20.1. The van der Waals surface area contributed by atoms with Gasteiger partial charge in [0, 0.05) is 24.6 Å². The number of carbonyl (C=O) groups excluding carboxylic acids is 1. The lowest BCUT2D eigenvalue weighted by molar-refractivity contribution is 0.0459. The molecule has 2 aromatic rings. The molecule has 29 heavy (non-hydrogen) atoms. The fraction of sp³-hybridized carbons (Fsp3) is 0.500. The van der Waals surface area contributed by atoms with Crippen molar-refractivity contribution < 1.29 is 22.4 Å². The molecule has 0 unspecified atom stereocenters. The summed E-state index contributed by atoms with van der Waals surface area (Å²) in [5.41, 5.74) is 1.50. The third-order valence-corrected chi connectivity index (χ3v) is 5.44. The highest BCUT2D eigenvalue weighted by Gasteiger charge is 2.37. The zero-order valence-corrected chi connectivity index (χ0v) is 17.7. The van der Waals surface area contributed by atoms with Gasteiger partial charge in [0.2, 0.25) is 15.9 Å². The molecule has 158 valence electrons. The lowest BCUT2D eigenvalue weighted by atomic mass is 9.94. The molecule has 1 aliphatic rings. The molecule has 0 spiro atoms. The van der Waals surface area contributed by atoms with Crippen LogP contribution in [-0.4, -0.2) is 55.4 Å². The van der Waals surface area contributed by atoms with Crippen LogP contribution >= 0.6 is 0 Å². The van der Waals surface area contributed by atoms with E-state index >= 15 is 0 Å². The first-order valence-corrected chi connectivity index (χ1v) is 11.6. The van der Waals surface area contributed by atoms with E-state index in [0.29, 0.717) is 37.4 Å². The van der Waals surface area contributed by atoms with E-state index < -0.39 is 28.2 Å². The van der Waals surface area contributed by atoms with E-state index in [1.165, 1.54) is 0 Å². The van der Waals surface area contributed by atoms with Gasteiger partial charge in [0.05, 0.1) is 24.1 Å². The molecular formula is C20H27N3O5S. The number of benzene rings is 1. The van der Waals surface area contributed by atoms with Crippen LogP contribution in [0.4, 0.5) is 4.79 Å². The van der Waals surface area contributed by atoms with Gasteiger partial charge < -0.3 is 14.1 Å². The highest BCUT2D eigenvalue weighted by atomic mass is 32.2. The van der Waals surface area contributed by atoms with Crippen LogP contribution in [0.3, 0.4) is 0 Å². The Hall–Kier alpha value is -2.39. The summed E-state index contributed by atoms with van der Waals surface area (Å²) in [6, 6.07) is 8.67. The molecule has 1 aromatic carbocycles. The van der Waals surface area contributed by atoms with Crippen molar-refractivity contribution in [1.29, 1.82) is 0 Å². The lowest BCUT2D eigenvalue weighted by Crippen LogP contribution is -2.58. The van der Waals surface area contributed by atoms with E-state index in [-0.39, 0.29) is 6.10 Å². The van der Waals surface area contributed by atoms with Gasteiger partial charge in [-0.3, -0.25) is 0 Å². The highest BCUT2D eigenvalue weighted by Crippen LogP contribution is 2.25. The van der Waals surface area contributed by atoms with Crippen molar-refractivity contribution in [3.63, 3.8) is 0 Å². The quantitative estimate of drug-likeness (QED) is 0.770. The number of aromatic nitrogens is 1. The molecule has 1 amide bonds. The van der Waals surface area contributed by atoms with E-state index in [2.05, 4.69) is 9.71 Å². The van der Waals surface area contributed by atoms with Crippen LogP contribution in [0, 0.1) is 0 Å². The number of hydrogen-bond acceptors (Lipinski definition) is 6. The summed E-state index contributed by atoms with van der Waals surface area (Å²) in [4.78, 5) is 18.8. The third kappa shape index (κ3) is 5.80. The Morgan fingerprint density at radius 1 is 1.34 bits per heavy atom. The SMILES string of the molecule is CC(C)OC(=O)N1CCC[C@@H](NS(C)(=O)=O)[C@H]1Cc1coc(-c2ccccc2)n1. The van der Waals surface area contributed by atoms with Crippen molar-refractivity contribution in [1.82, 2.24) is 14.6 Å². The highest BCUT2D eigenvalue weighted by molar-refractivity contribution is 7.88. The fourth-order valence-electron chi connectivity index (χ4n) is 3.55. The number of oxazole rings is 1. The van der Waals surface area contributed by atoms with E-state index in [1.807, 2.05) is 30.3 Å². The van der Waals surface area contributed by atoms with Crippen molar-refractivity contribution in [2.45, 2.75) is 51.3 Å². The van der Waals surface area contributed by atoms with Crippen molar-refractivity contribution in [2.75, 3.05) is 12.8 Å². The molecule has 2 heterocycles. The molecule has 0 aliphatic carbocycles. The monoisotopic (exact) mass is 421 g/mol. The second-order valence-electron chi connectivity index (χ2n) is 7.55. The summed E-state index contributed by atoms with van der Waals surface area (Å²) < 4.78 is 37.4. The molecule has 1 aromatic heterocycles. The summed E-state index contributed by atoms with van der Waals surface area (Å²) in [7, 11) is -3.43. The predicted octanol–water partition coefficient (Wildman–Crippen LogP) is 2.81. The fourth-order valence-corrected chi connectivity index (χ4v) is 4.37. The van der Waals surface area contributed by atoms with Gasteiger partial charge in [-0.1, -0.05) is 18.2 Å². The molecule has 0 radical (unpaired) electrons. The maximum Gasteiger partial charge on any atom is 0.410 e. The van der Waals surface area contributed by atoms with Crippen LogP contribution in [0.15, 0.2) is 41.0 Å². The number of sulfonamides is 1. The van der Waals surface area contributed by atoms with Crippen molar-refractivity contribution in [3.8, 4) is 11.5 Å². The maximum absolute atomic E-state index is 12.6. The number of ether oxygens (including phenoxy) is 1. The van der Waals surface area contributed by atoms with Gasteiger partial charge >= 0.3 is 6.09 Å². The molecule has 9 heteroatoms. The van der Waals surface area contributed by atoms with Crippen LogP contribution in [0.2, 0.25) is 0 Å². The second kappa shape index (κ2) is 8.96. The summed E-state index contributed by atoms with van der Waals surface area (Å²) >= 11 is 0. The molecular weight excluding hydrogens is 394 g/mol. The Bertz CT molecular complexity index is 927. The number of nitrogens with one attached hydrogen (secondary N) is 1. The van der Waals surface area contributed by atoms with Crippen LogP contribution in [0.1, 0.15) is 32.4 Å². The van der Waals surface area contributed by atoms with Gasteiger partial charge in [0.15, 0.2) is 0 Å². The first-order valence-electron chi connectivity index (χ1n) is 9.67. The van der Waals surface area contributed by atoms with E-state index in [9.17, 15) is 13.2 Å². The summed E-state index contributed by atoms with van der Waals surface area (Å²) in [5, 5.41) is 0. The van der Waals surface area contributed by atoms with E-state index in [0.717, 1.165) is 11.8 Å². The van der Waals surface area contributed by atoms with Crippen molar-refractivity contribution in [3.05, 3.63) is 42.3 Å². The average molecular weight is 422 g/mol. The van der Waals surface area contributed by atoms with Crippen LogP contribution < -0.4 is 4.72 Å². The molecule has 1 N–H and O–H groups in total. The molecule has 1 aliphatic heterocycles. The molecule has 3 rings (SSSR count). The smallest absolute Gasteiger partial charge is 0.410 e.